The van der Waals surface area contributed by atoms with E-state index in [0.29, 0.717) is 19.7 Å². The number of likely N-dealkylation sites (tertiary alicyclic amines) is 1. The summed E-state index contributed by atoms with van der Waals surface area (Å²) in [5, 5.41) is 3.09. The van der Waals surface area contributed by atoms with E-state index in [0.717, 1.165) is 37.7 Å². The molecule has 25 heavy (non-hydrogen) atoms. The molecule has 0 saturated carbocycles. The highest BCUT2D eigenvalue weighted by Gasteiger charge is 2.30. The zero-order valence-electron chi connectivity index (χ0n) is 14.9. The van der Waals surface area contributed by atoms with Gasteiger partial charge in [-0.25, -0.2) is 0 Å². The molecule has 2 aliphatic rings. The minimum absolute atomic E-state index is 0.0120. The molecule has 2 fully saturated rings. The Bertz CT molecular complexity index is 576. The first-order valence-electron chi connectivity index (χ1n) is 9.44. The molecule has 0 aromatic heterocycles. The average molecular weight is 344 g/mol. The second-order valence-corrected chi connectivity index (χ2v) is 6.98. The number of amides is 2. The number of nitrogens with one attached hydrogen (secondary N) is 1. The Morgan fingerprint density at radius 1 is 1.20 bits per heavy atom. The summed E-state index contributed by atoms with van der Waals surface area (Å²) in [6.45, 7) is 4.16. The number of hydrogen-bond acceptors (Lipinski definition) is 3. The van der Waals surface area contributed by atoms with E-state index in [-0.39, 0.29) is 29.9 Å². The molecule has 2 atom stereocenters. The van der Waals surface area contributed by atoms with Crippen LogP contribution < -0.4 is 5.32 Å². The molecule has 5 nitrogen and oxygen atoms in total. The van der Waals surface area contributed by atoms with Crippen molar-refractivity contribution in [1.82, 2.24) is 10.2 Å². The third kappa shape index (κ3) is 4.40. The molecule has 1 aromatic carbocycles. The fourth-order valence-electron chi connectivity index (χ4n) is 3.78. The fraction of sp³-hybridized carbons (Fsp3) is 0.600. The monoisotopic (exact) mass is 344 g/mol. The summed E-state index contributed by atoms with van der Waals surface area (Å²) in [6, 6.07) is 10.2. The van der Waals surface area contributed by atoms with E-state index in [2.05, 4.69) is 12.2 Å². The second-order valence-electron chi connectivity index (χ2n) is 6.98. The van der Waals surface area contributed by atoms with Crippen molar-refractivity contribution < 1.29 is 14.3 Å². The minimum Gasteiger partial charge on any atom is -0.368 e. The van der Waals surface area contributed by atoms with Gasteiger partial charge in [0, 0.05) is 25.7 Å². The number of ether oxygens (including phenoxy) is 1. The van der Waals surface area contributed by atoms with E-state index in [1.54, 1.807) is 0 Å². The van der Waals surface area contributed by atoms with Crippen LogP contribution in [0.15, 0.2) is 30.3 Å². The van der Waals surface area contributed by atoms with Crippen LogP contribution in [-0.2, 0) is 14.3 Å². The van der Waals surface area contributed by atoms with Gasteiger partial charge in [-0.15, -0.1) is 0 Å². The van der Waals surface area contributed by atoms with Crippen LogP contribution in [0.2, 0.25) is 0 Å². The normalized spacial score (nSPS) is 22.6. The largest absolute Gasteiger partial charge is 0.368 e. The summed E-state index contributed by atoms with van der Waals surface area (Å²) in [5.74, 6) is 0.148. The van der Waals surface area contributed by atoms with Gasteiger partial charge in [0.15, 0.2) is 0 Å². The molecule has 2 aliphatic heterocycles. The summed E-state index contributed by atoms with van der Waals surface area (Å²) < 4.78 is 5.43. The Kier molecular flexibility index (Phi) is 6.08. The number of hydrogen-bond donors (Lipinski definition) is 1. The van der Waals surface area contributed by atoms with Gasteiger partial charge in [0.1, 0.15) is 6.10 Å². The minimum atomic E-state index is -0.276. The lowest BCUT2D eigenvalue weighted by molar-refractivity contribution is -0.134. The smallest absolute Gasteiger partial charge is 0.249 e. The van der Waals surface area contributed by atoms with Crippen LogP contribution in [-0.4, -0.2) is 48.6 Å². The molecule has 1 N–H and O–H groups in total. The molecule has 0 aliphatic carbocycles. The first-order chi connectivity index (χ1) is 12.2. The molecule has 5 heteroatoms. The van der Waals surface area contributed by atoms with Crippen molar-refractivity contribution in [1.29, 1.82) is 0 Å². The predicted molar refractivity (Wildman–Crippen MR) is 96.2 cm³/mol. The summed E-state index contributed by atoms with van der Waals surface area (Å²) in [7, 11) is 0. The van der Waals surface area contributed by atoms with Gasteiger partial charge in [-0.05, 0) is 37.7 Å². The van der Waals surface area contributed by atoms with Gasteiger partial charge in [0.25, 0.3) is 0 Å². The Labute approximate surface area is 149 Å². The standard InChI is InChI=1S/C20H28N2O3/c1-2-17(15-7-4-3-5-8-15)20(24)22-12-10-16(11-13-22)21-19(23)18-9-6-14-25-18/h3-5,7-8,16-18H,2,6,9-14H2,1H3,(H,21,23)/t17-,18+/m0/s1. The fourth-order valence-corrected chi connectivity index (χ4v) is 3.78. The molecule has 2 amide bonds. The maximum atomic E-state index is 12.9. The van der Waals surface area contributed by atoms with E-state index >= 15 is 0 Å². The van der Waals surface area contributed by atoms with Crippen molar-refractivity contribution in [3.05, 3.63) is 35.9 Å². The maximum Gasteiger partial charge on any atom is 0.249 e. The predicted octanol–water partition coefficient (Wildman–Crippen LogP) is 2.47. The number of benzene rings is 1. The van der Waals surface area contributed by atoms with E-state index in [1.807, 2.05) is 35.2 Å². The Morgan fingerprint density at radius 3 is 2.52 bits per heavy atom. The van der Waals surface area contributed by atoms with Crippen molar-refractivity contribution in [3.63, 3.8) is 0 Å². The van der Waals surface area contributed by atoms with Gasteiger partial charge in [0.05, 0.1) is 5.92 Å². The Hall–Kier alpha value is -1.88. The first kappa shape index (κ1) is 17.9. The molecule has 2 heterocycles. The molecule has 2 saturated heterocycles. The number of carbonyl (C=O) groups excluding carboxylic acids is 2. The van der Waals surface area contributed by atoms with Crippen LogP contribution in [0.5, 0.6) is 0 Å². The Morgan fingerprint density at radius 2 is 1.92 bits per heavy atom. The summed E-state index contributed by atoms with van der Waals surface area (Å²) in [5.41, 5.74) is 1.09. The van der Waals surface area contributed by atoms with Gasteiger partial charge >= 0.3 is 0 Å². The summed E-state index contributed by atoms with van der Waals surface area (Å²) in [6.07, 6.45) is 3.94. The van der Waals surface area contributed by atoms with Gasteiger partial charge in [-0.3, -0.25) is 9.59 Å². The lowest BCUT2D eigenvalue weighted by Gasteiger charge is -2.34. The van der Waals surface area contributed by atoms with Crippen LogP contribution >= 0.6 is 0 Å². The molecule has 1 aromatic rings. The lowest BCUT2D eigenvalue weighted by atomic mass is 9.93. The van der Waals surface area contributed by atoms with Crippen molar-refractivity contribution in [2.24, 2.45) is 0 Å². The zero-order chi connectivity index (χ0) is 17.6. The molecule has 0 unspecified atom stereocenters. The van der Waals surface area contributed by atoms with Gasteiger partial charge in [0.2, 0.25) is 11.8 Å². The van der Waals surface area contributed by atoms with Gasteiger partial charge in [-0.1, -0.05) is 37.3 Å². The highest BCUT2D eigenvalue weighted by molar-refractivity contribution is 5.84. The number of carbonyl (C=O) groups is 2. The van der Waals surface area contributed by atoms with Gasteiger partial charge < -0.3 is 15.0 Å². The van der Waals surface area contributed by atoms with E-state index < -0.39 is 0 Å². The van der Waals surface area contributed by atoms with Crippen LogP contribution in [0.25, 0.3) is 0 Å². The van der Waals surface area contributed by atoms with E-state index in [4.69, 9.17) is 4.74 Å². The summed E-state index contributed by atoms with van der Waals surface area (Å²) >= 11 is 0. The topological polar surface area (TPSA) is 58.6 Å². The number of piperidine rings is 1. The van der Waals surface area contributed by atoms with Crippen molar-refractivity contribution in [2.75, 3.05) is 19.7 Å². The summed E-state index contributed by atoms with van der Waals surface area (Å²) in [4.78, 5) is 27.0. The van der Waals surface area contributed by atoms with Crippen LogP contribution in [0.3, 0.4) is 0 Å². The van der Waals surface area contributed by atoms with Crippen LogP contribution in [0, 0.1) is 0 Å². The molecule has 3 rings (SSSR count). The first-order valence-corrected chi connectivity index (χ1v) is 9.44. The molecule has 136 valence electrons. The number of rotatable bonds is 5. The van der Waals surface area contributed by atoms with Crippen LogP contribution in [0.1, 0.15) is 50.5 Å². The molecule has 0 bridgehead atoms. The Balaban J connectivity index is 1.51. The van der Waals surface area contributed by atoms with Crippen LogP contribution in [0.4, 0.5) is 0 Å². The molecular weight excluding hydrogens is 316 g/mol. The van der Waals surface area contributed by atoms with Crippen molar-refractivity contribution in [2.45, 2.75) is 57.1 Å². The van der Waals surface area contributed by atoms with Crippen molar-refractivity contribution >= 4 is 11.8 Å². The molecule has 0 radical (unpaired) electrons. The third-order valence-electron chi connectivity index (χ3n) is 5.28. The highest BCUT2D eigenvalue weighted by Crippen LogP contribution is 2.24. The van der Waals surface area contributed by atoms with Crippen molar-refractivity contribution in [3.8, 4) is 0 Å². The average Bonchev–Trinajstić information content (AvgIpc) is 3.19. The molecular formula is C20H28N2O3. The number of nitrogens with zero attached hydrogens (tertiary/aromatic N) is 1. The van der Waals surface area contributed by atoms with E-state index in [1.165, 1.54) is 0 Å². The van der Waals surface area contributed by atoms with Gasteiger partial charge in [-0.2, -0.15) is 0 Å². The third-order valence-corrected chi connectivity index (χ3v) is 5.28. The SMILES string of the molecule is CC[C@H](C(=O)N1CCC(NC(=O)[C@H]2CCCO2)CC1)c1ccccc1. The quantitative estimate of drug-likeness (QED) is 0.893. The maximum absolute atomic E-state index is 12.9. The van der Waals surface area contributed by atoms with E-state index in [9.17, 15) is 9.59 Å². The lowest BCUT2D eigenvalue weighted by Crippen LogP contribution is -2.49. The second kappa shape index (κ2) is 8.48. The molecule has 0 spiro atoms. The highest BCUT2D eigenvalue weighted by atomic mass is 16.5. The zero-order valence-corrected chi connectivity index (χ0v) is 14.9.